The predicted molar refractivity (Wildman–Crippen MR) is 80.8 cm³/mol. The lowest BCUT2D eigenvalue weighted by Gasteiger charge is -2.02. The van der Waals surface area contributed by atoms with Gasteiger partial charge in [0.1, 0.15) is 5.75 Å². The maximum absolute atomic E-state index is 5.13. The number of nitrogens with zero attached hydrogens (tertiary/aromatic N) is 5. The van der Waals surface area contributed by atoms with Crippen LogP contribution in [0.2, 0.25) is 0 Å². The molecule has 0 saturated heterocycles. The zero-order valence-electron chi connectivity index (χ0n) is 11.3. The molecule has 0 amide bonds. The number of hydrogen-bond donors (Lipinski definition) is 0. The molecule has 21 heavy (non-hydrogen) atoms. The maximum atomic E-state index is 5.13. The summed E-state index contributed by atoms with van der Waals surface area (Å²) in [4.78, 5) is 5.65. The molecule has 0 fully saturated rings. The van der Waals surface area contributed by atoms with Crippen LogP contribution in [0.25, 0.3) is 11.4 Å². The van der Waals surface area contributed by atoms with E-state index in [1.165, 1.54) is 0 Å². The number of methoxy groups -OCH3 is 1. The summed E-state index contributed by atoms with van der Waals surface area (Å²) in [5.41, 5.74) is 1.90. The molecule has 7 heteroatoms. The Morgan fingerprint density at radius 2 is 2.00 bits per heavy atom. The Hall–Kier alpha value is -2.28. The molecule has 3 rings (SSSR count). The second-order valence-electron chi connectivity index (χ2n) is 4.38. The fourth-order valence-corrected chi connectivity index (χ4v) is 2.22. The van der Waals surface area contributed by atoms with Gasteiger partial charge in [0.2, 0.25) is 5.82 Å². The van der Waals surface area contributed by atoms with E-state index in [9.17, 15) is 0 Å². The number of hydrogen-bond acceptors (Lipinski definition) is 5. The normalized spacial score (nSPS) is 10.6. The number of ether oxygens (including phenoxy) is 1. The molecule has 0 atom stereocenters. The molecule has 2 heterocycles. The lowest BCUT2D eigenvalue weighted by molar-refractivity contribution is 0.414. The first kappa shape index (κ1) is 13.7. The van der Waals surface area contributed by atoms with Gasteiger partial charge in [0, 0.05) is 22.4 Å². The van der Waals surface area contributed by atoms with Gasteiger partial charge in [0.05, 0.1) is 13.7 Å². The molecular weight excluding hydrogens is 334 g/mol. The van der Waals surface area contributed by atoms with Gasteiger partial charge in [-0.1, -0.05) is 12.1 Å². The first-order chi connectivity index (χ1) is 10.2. The van der Waals surface area contributed by atoms with E-state index in [1.807, 2.05) is 30.3 Å². The Balaban J connectivity index is 1.78. The lowest BCUT2D eigenvalue weighted by Crippen LogP contribution is -2.04. The summed E-state index contributed by atoms with van der Waals surface area (Å²) >= 11 is 3.38. The first-order valence-electron chi connectivity index (χ1n) is 6.26. The van der Waals surface area contributed by atoms with Crippen LogP contribution in [0.1, 0.15) is 5.56 Å². The van der Waals surface area contributed by atoms with E-state index in [0.29, 0.717) is 12.4 Å². The van der Waals surface area contributed by atoms with Crippen molar-refractivity contribution in [1.82, 2.24) is 25.2 Å². The average molecular weight is 346 g/mol. The smallest absolute Gasteiger partial charge is 0.206 e. The van der Waals surface area contributed by atoms with Crippen molar-refractivity contribution in [2.24, 2.45) is 0 Å². The van der Waals surface area contributed by atoms with E-state index >= 15 is 0 Å². The minimum absolute atomic E-state index is 0.553. The Kier molecular flexibility index (Phi) is 3.92. The van der Waals surface area contributed by atoms with Gasteiger partial charge in [-0.15, -0.1) is 10.2 Å². The van der Waals surface area contributed by atoms with Crippen LogP contribution in [0.5, 0.6) is 5.75 Å². The number of aromatic nitrogens is 5. The van der Waals surface area contributed by atoms with Crippen molar-refractivity contribution < 1.29 is 4.74 Å². The highest BCUT2D eigenvalue weighted by molar-refractivity contribution is 9.10. The van der Waals surface area contributed by atoms with Crippen molar-refractivity contribution in [2.75, 3.05) is 7.11 Å². The van der Waals surface area contributed by atoms with Gasteiger partial charge >= 0.3 is 0 Å². The van der Waals surface area contributed by atoms with Crippen LogP contribution in [0.4, 0.5) is 0 Å². The van der Waals surface area contributed by atoms with E-state index in [1.54, 1.807) is 24.3 Å². The van der Waals surface area contributed by atoms with Crippen LogP contribution in [0, 0.1) is 0 Å². The third-order valence-corrected chi connectivity index (χ3v) is 3.33. The summed E-state index contributed by atoms with van der Waals surface area (Å²) in [6, 6.07) is 9.67. The van der Waals surface area contributed by atoms with Gasteiger partial charge in [0.15, 0.2) is 0 Å². The highest BCUT2D eigenvalue weighted by atomic mass is 79.9. The van der Waals surface area contributed by atoms with Crippen LogP contribution < -0.4 is 4.74 Å². The van der Waals surface area contributed by atoms with Crippen LogP contribution in [0.3, 0.4) is 0 Å². The van der Waals surface area contributed by atoms with Crippen LogP contribution >= 0.6 is 15.9 Å². The minimum atomic E-state index is 0.553. The summed E-state index contributed by atoms with van der Waals surface area (Å²) in [5, 5.41) is 12.5. The fraction of sp³-hybridized carbons (Fsp3) is 0.143. The largest absolute Gasteiger partial charge is 0.497 e. The van der Waals surface area contributed by atoms with Crippen LogP contribution in [-0.2, 0) is 6.54 Å². The Labute approximate surface area is 129 Å². The molecule has 1 aromatic carbocycles. The number of rotatable bonds is 4. The van der Waals surface area contributed by atoms with E-state index in [-0.39, 0.29) is 0 Å². The van der Waals surface area contributed by atoms with Crippen molar-refractivity contribution in [2.45, 2.75) is 6.54 Å². The Morgan fingerprint density at radius 1 is 1.19 bits per heavy atom. The van der Waals surface area contributed by atoms with E-state index in [4.69, 9.17) is 4.74 Å². The lowest BCUT2D eigenvalue weighted by atomic mass is 10.2. The van der Waals surface area contributed by atoms with Crippen molar-refractivity contribution in [3.8, 4) is 17.1 Å². The van der Waals surface area contributed by atoms with Crippen molar-refractivity contribution in [3.63, 3.8) is 0 Å². The summed E-state index contributed by atoms with van der Waals surface area (Å²) in [5.74, 6) is 1.38. The minimum Gasteiger partial charge on any atom is -0.497 e. The van der Waals surface area contributed by atoms with Gasteiger partial charge in [0.25, 0.3) is 0 Å². The third-order valence-electron chi connectivity index (χ3n) is 2.90. The highest BCUT2D eigenvalue weighted by Gasteiger charge is 2.07. The molecule has 0 bridgehead atoms. The zero-order valence-corrected chi connectivity index (χ0v) is 12.9. The second-order valence-corrected chi connectivity index (χ2v) is 5.30. The second kappa shape index (κ2) is 6.01. The molecule has 0 spiro atoms. The van der Waals surface area contributed by atoms with E-state index < -0.39 is 0 Å². The SMILES string of the molecule is COc1ccc(Cn2nnc(-c3cncc(Br)c3)n2)cc1. The third kappa shape index (κ3) is 3.25. The Bertz CT molecular complexity index is 741. The van der Waals surface area contributed by atoms with Gasteiger partial charge in [-0.2, -0.15) is 4.80 Å². The molecule has 3 aromatic rings. The summed E-state index contributed by atoms with van der Waals surface area (Å²) in [6.45, 7) is 0.554. The number of benzene rings is 1. The molecule has 6 nitrogen and oxygen atoms in total. The number of pyridine rings is 1. The van der Waals surface area contributed by atoms with E-state index in [2.05, 4.69) is 36.3 Å². The molecule has 0 N–H and O–H groups in total. The van der Waals surface area contributed by atoms with Gasteiger partial charge in [-0.3, -0.25) is 4.98 Å². The van der Waals surface area contributed by atoms with Gasteiger partial charge in [-0.25, -0.2) is 0 Å². The highest BCUT2D eigenvalue weighted by Crippen LogP contribution is 2.17. The number of halogens is 1. The van der Waals surface area contributed by atoms with Gasteiger partial charge in [-0.05, 0) is 44.9 Å². The fourth-order valence-electron chi connectivity index (χ4n) is 1.85. The van der Waals surface area contributed by atoms with Gasteiger partial charge < -0.3 is 4.74 Å². The summed E-state index contributed by atoms with van der Waals surface area (Å²) in [7, 11) is 1.65. The van der Waals surface area contributed by atoms with Crippen molar-refractivity contribution in [3.05, 3.63) is 52.8 Å². The first-order valence-corrected chi connectivity index (χ1v) is 7.05. The Morgan fingerprint density at radius 3 is 2.71 bits per heavy atom. The topological polar surface area (TPSA) is 65.7 Å². The maximum Gasteiger partial charge on any atom is 0.206 e. The van der Waals surface area contributed by atoms with Crippen molar-refractivity contribution >= 4 is 15.9 Å². The van der Waals surface area contributed by atoms with Crippen LogP contribution in [-0.4, -0.2) is 32.3 Å². The summed E-state index contributed by atoms with van der Waals surface area (Å²) < 4.78 is 6.01. The molecule has 106 valence electrons. The van der Waals surface area contributed by atoms with Crippen LogP contribution in [0.15, 0.2) is 47.2 Å². The molecule has 0 aliphatic heterocycles. The zero-order chi connectivity index (χ0) is 14.7. The standard InChI is InChI=1S/C14H12BrN5O/c1-21-13-4-2-10(3-5-13)9-20-18-14(17-19-20)11-6-12(15)8-16-7-11/h2-8H,9H2,1H3. The summed E-state index contributed by atoms with van der Waals surface area (Å²) in [6.07, 6.45) is 3.42. The molecule has 0 aliphatic rings. The monoisotopic (exact) mass is 345 g/mol. The van der Waals surface area contributed by atoms with Crippen molar-refractivity contribution in [1.29, 1.82) is 0 Å². The molecule has 0 unspecified atom stereocenters. The molecule has 0 radical (unpaired) electrons. The molecule has 2 aromatic heterocycles. The molecule has 0 aliphatic carbocycles. The van der Waals surface area contributed by atoms with E-state index in [0.717, 1.165) is 21.3 Å². The number of tetrazole rings is 1. The quantitative estimate of drug-likeness (QED) is 0.726. The molecular formula is C14H12BrN5O. The average Bonchev–Trinajstić information content (AvgIpc) is 2.97. The molecule has 0 saturated carbocycles. The predicted octanol–water partition coefficient (Wildman–Crippen LogP) is 2.55.